The molecule has 0 aliphatic rings. The summed E-state index contributed by atoms with van der Waals surface area (Å²) in [6.07, 6.45) is 0. The van der Waals surface area contributed by atoms with Gasteiger partial charge in [0.05, 0.1) is 11.6 Å². The summed E-state index contributed by atoms with van der Waals surface area (Å²) in [6, 6.07) is 5.48. The Morgan fingerprint density at radius 3 is 2.80 bits per heavy atom. The lowest BCUT2D eigenvalue weighted by Crippen LogP contribution is -1.99. The van der Waals surface area contributed by atoms with Crippen LogP contribution in [0.3, 0.4) is 0 Å². The smallest absolute Gasteiger partial charge is 0.220 e. The van der Waals surface area contributed by atoms with Crippen molar-refractivity contribution in [1.29, 1.82) is 0 Å². The summed E-state index contributed by atoms with van der Waals surface area (Å²) in [5, 5.41) is 0. The van der Waals surface area contributed by atoms with Crippen molar-refractivity contribution in [3.05, 3.63) is 29.7 Å². The number of alkyl halides is 1. The molecule has 2 aromatic heterocycles. The lowest BCUT2D eigenvalue weighted by Gasteiger charge is -2.00. The maximum absolute atomic E-state index is 5.69. The van der Waals surface area contributed by atoms with Gasteiger partial charge in [-0.2, -0.15) is 0 Å². The largest absolute Gasteiger partial charge is 0.460 e. The number of nitrogens with two attached hydrogens (primary N) is 1. The first-order valence-electron chi connectivity index (χ1n) is 4.45. The molecule has 0 amide bonds. The molecule has 0 aromatic carbocycles. The molecule has 2 rings (SSSR count). The first-order valence-corrected chi connectivity index (χ1v) is 4.98. The summed E-state index contributed by atoms with van der Waals surface area (Å²) in [5.41, 5.74) is 6.90. The SMILES string of the molecule is Cc1ccc(-c2cc(CCl)nc(N)n2)o1. The van der Waals surface area contributed by atoms with E-state index in [0.717, 1.165) is 5.76 Å². The number of nitrogens with zero attached hydrogens (tertiary/aromatic N) is 2. The number of hydrogen-bond donors (Lipinski definition) is 1. The van der Waals surface area contributed by atoms with Crippen LogP contribution in [0.5, 0.6) is 0 Å². The molecule has 4 nitrogen and oxygen atoms in total. The number of aromatic nitrogens is 2. The van der Waals surface area contributed by atoms with Gasteiger partial charge in [0.25, 0.3) is 0 Å². The molecule has 2 N–H and O–H groups in total. The molecule has 0 saturated carbocycles. The molecule has 0 bridgehead atoms. The Bertz CT molecular complexity index is 481. The second kappa shape index (κ2) is 3.90. The van der Waals surface area contributed by atoms with Crippen molar-refractivity contribution in [1.82, 2.24) is 9.97 Å². The zero-order valence-corrected chi connectivity index (χ0v) is 8.95. The average molecular weight is 224 g/mol. The zero-order valence-electron chi connectivity index (χ0n) is 8.20. The van der Waals surface area contributed by atoms with E-state index in [0.29, 0.717) is 23.0 Å². The summed E-state index contributed by atoms with van der Waals surface area (Å²) in [7, 11) is 0. The minimum absolute atomic E-state index is 0.206. The standard InChI is InChI=1S/C10H10ClN3O/c1-6-2-3-9(15-6)8-4-7(5-11)13-10(12)14-8/h2-4H,5H2,1H3,(H2,12,13,14). The molecule has 0 radical (unpaired) electrons. The third-order valence-electron chi connectivity index (χ3n) is 1.93. The Morgan fingerprint density at radius 1 is 1.40 bits per heavy atom. The molecular formula is C10H10ClN3O. The molecule has 0 spiro atoms. The van der Waals surface area contributed by atoms with Crippen molar-refractivity contribution in [3.63, 3.8) is 0 Å². The van der Waals surface area contributed by atoms with Gasteiger partial charge in [-0.05, 0) is 25.1 Å². The minimum atomic E-state index is 0.206. The van der Waals surface area contributed by atoms with E-state index in [4.69, 9.17) is 21.8 Å². The molecular weight excluding hydrogens is 214 g/mol. The molecule has 0 fully saturated rings. The van der Waals surface area contributed by atoms with Gasteiger partial charge >= 0.3 is 0 Å². The van der Waals surface area contributed by atoms with Crippen molar-refractivity contribution in [3.8, 4) is 11.5 Å². The van der Waals surface area contributed by atoms with Crippen molar-refractivity contribution in [2.45, 2.75) is 12.8 Å². The first kappa shape index (κ1) is 9.98. The normalized spacial score (nSPS) is 10.5. The Kier molecular flexibility index (Phi) is 2.60. The van der Waals surface area contributed by atoms with Gasteiger partial charge < -0.3 is 10.2 Å². The quantitative estimate of drug-likeness (QED) is 0.794. The second-order valence-electron chi connectivity index (χ2n) is 3.15. The fraction of sp³-hybridized carbons (Fsp3) is 0.200. The van der Waals surface area contributed by atoms with Crippen LogP contribution < -0.4 is 5.73 Å². The monoisotopic (exact) mass is 223 g/mol. The van der Waals surface area contributed by atoms with E-state index < -0.39 is 0 Å². The molecule has 0 saturated heterocycles. The Labute approximate surface area is 92.1 Å². The van der Waals surface area contributed by atoms with Crippen LogP contribution in [0.2, 0.25) is 0 Å². The van der Waals surface area contributed by atoms with Gasteiger partial charge in [0, 0.05) is 0 Å². The predicted octanol–water partition coefficient (Wildman–Crippen LogP) is 2.37. The number of aryl methyl sites for hydroxylation is 1. The molecule has 0 aliphatic heterocycles. The molecule has 2 aromatic rings. The van der Waals surface area contributed by atoms with Gasteiger partial charge in [-0.25, -0.2) is 9.97 Å². The summed E-state index contributed by atoms with van der Waals surface area (Å²) >= 11 is 5.69. The van der Waals surface area contributed by atoms with Gasteiger partial charge in [-0.3, -0.25) is 0 Å². The summed E-state index contributed by atoms with van der Waals surface area (Å²) in [6.45, 7) is 1.87. The van der Waals surface area contributed by atoms with Gasteiger partial charge in [0.15, 0.2) is 5.76 Å². The minimum Gasteiger partial charge on any atom is -0.460 e. The summed E-state index contributed by atoms with van der Waals surface area (Å²) in [4.78, 5) is 8.06. The van der Waals surface area contributed by atoms with Crippen LogP contribution in [0.1, 0.15) is 11.5 Å². The van der Waals surface area contributed by atoms with E-state index in [1.165, 1.54) is 0 Å². The van der Waals surface area contributed by atoms with Crippen LogP contribution in [-0.2, 0) is 5.88 Å². The van der Waals surface area contributed by atoms with Crippen molar-refractivity contribution in [2.75, 3.05) is 5.73 Å². The van der Waals surface area contributed by atoms with Gasteiger partial charge in [0.2, 0.25) is 5.95 Å². The third kappa shape index (κ3) is 2.10. The maximum atomic E-state index is 5.69. The average Bonchev–Trinajstić information content (AvgIpc) is 2.64. The Balaban J connectivity index is 2.48. The molecule has 0 atom stereocenters. The van der Waals surface area contributed by atoms with Gasteiger partial charge in [-0.15, -0.1) is 11.6 Å². The highest BCUT2D eigenvalue weighted by Crippen LogP contribution is 2.21. The topological polar surface area (TPSA) is 64.9 Å². The van der Waals surface area contributed by atoms with Crippen molar-refractivity contribution in [2.24, 2.45) is 0 Å². The number of halogens is 1. The van der Waals surface area contributed by atoms with Crippen LogP contribution >= 0.6 is 11.6 Å². The maximum Gasteiger partial charge on any atom is 0.220 e. The van der Waals surface area contributed by atoms with E-state index in [2.05, 4.69) is 9.97 Å². The van der Waals surface area contributed by atoms with Crippen molar-refractivity contribution < 1.29 is 4.42 Å². The Morgan fingerprint density at radius 2 is 2.20 bits per heavy atom. The van der Waals surface area contributed by atoms with Crippen LogP contribution in [-0.4, -0.2) is 9.97 Å². The number of furan rings is 1. The fourth-order valence-corrected chi connectivity index (χ4v) is 1.42. The molecule has 5 heteroatoms. The van der Waals surface area contributed by atoms with Crippen LogP contribution in [0.25, 0.3) is 11.5 Å². The lowest BCUT2D eigenvalue weighted by molar-refractivity contribution is 0.546. The predicted molar refractivity (Wildman–Crippen MR) is 58.4 cm³/mol. The zero-order chi connectivity index (χ0) is 10.8. The van der Waals surface area contributed by atoms with E-state index in [1.807, 2.05) is 19.1 Å². The van der Waals surface area contributed by atoms with Gasteiger partial charge in [0.1, 0.15) is 11.5 Å². The van der Waals surface area contributed by atoms with E-state index in [1.54, 1.807) is 6.07 Å². The highest BCUT2D eigenvalue weighted by molar-refractivity contribution is 6.16. The Hall–Kier alpha value is -1.55. The number of nitrogen functional groups attached to an aromatic ring is 1. The first-order chi connectivity index (χ1) is 7.19. The summed E-state index contributed by atoms with van der Waals surface area (Å²) < 4.78 is 5.44. The molecule has 15 heavy (non-hydrogen) atoms. The third-order valence-corrected chi connectivity index (χ3v) is 2.20. The number of hydrogen-bond acceptors (Lipinski definition) is 4. The molecule has 2 heterocycles. The van der Waals surface area contributed by atoms with E-state index in [9.17, 15) is 0 Å². The van der Waals surface area contributed by atoms with Gasteiger partial charge in [-0.1, -0.05) is 0 Å². The van der Waals surface area contributed by atoms with Crippen LogP contribution in [0.4, 0.5) is 5.95 Å². The molecule has 0 unspecified atom stereocenters. The van der Waals surface area contributed by atoms with Crippen LogP contribution in [0.15, 0.2) is 22.6 Å². The second-order valence-corrected chi connectivity index (χ2v) is 3.41. The van der Waals surface area contributed by atoms with E-state index in [-0.39, 0.29) is 5.95 Å². The summed E-state index contributed by atoms with van der Waals surface area (Å²) in [5.74, 6) is 2.01. The number of anilines is 1. The molecule has 0 aliphatic carbocycles. The molecule has 78 valence electrons. The highest BCUT2D eigenvalue weighted by atomic mass is 35.5. The van der Waals surface area contributed by atoms with Crippen molar-refractivity contribution >= 4 is 17.5 Å². The number of rotatable bonds is 2. The highest BCUT2D eigenvalue weighted by Gasteiger charge is 2.07. The van der Waals surface area contributed by atoms with E-state index >= 15 is 0 Å². The lowest BCUT2D eigenvalue weighted by atomic mass is 10.3. The fourth-order valence-electron chi connectivity index (χ4n) is 1.28. The van der Waals surface area contributed by atoms with Crippen LogP contribution in [0, 0.1) is 6.92 Å².